The van der Waals surface area contributed by atoms with Crippen LogP contribution in [-0.4, -0.2) is 26.2 Å². The number of aromatic amines is 1. The number of hydrogen-bond donors (Lipinski definition) is 1. The Morgan fingerprint density at radius 1 is 1.23 bits per heavy atom. The smallest absolute Gasteiger partial charge is 0.277 e. The molecule has 1 aromatic carbocycles. The van der Waals surface area contributed by atoms with Gasteiger partial charge in [0.2, 0.25) is 5.89 Å². The molecule has 0 aliphatic heterocycles. The molecule has 0 radical (unpaired) electrons. The highest BCUT2D eigenvalue weighted by Gasteiger charge is 2.26. The number of para-hydroxylation sites is 1. The van der Waals surface area contributed by atoms with E-state index in [9.17, 15) is 4.79 Å². The molecule has 1 saturated carbocycles. The van der Waals surface area contributed by atoms with E-state index in [1.54, 1.807) is 0 Å². The molecule has 0 saturated heterocycles. The molecule has 4 rings (SSSR count). The zero-order valence-corrected chi connectivity index (χ0v) is 15.9. The highest BCUT2D eigenvalue weighted by Crippen LogP contribution is 2.34. The highest BCUT2D eigenvalue weighted by atomic mass is 32.2. The zero-order chi connectivity index (χ0) is 18.1. The van der Waals surface area contributed by atoms with Crippen molar-refractivity contribution in [2.24, 2.45) is 0 Å². The molecule has 1 aliphatic rings. The maximum Gasteiger partial charge on any atom is 0.277 e. The highest BCUT2D eigenvalue weighted by molar-refractivity contribution is 8.00. The molecule has 136 valence electrons. The van der Waals surface area contributed by atoms with Gasteiger partial charge in [-0.2, -0.15) is 0 Å². The minimum absolute atomic E-state index is 0.0855. The molecule has 2 heterocycles. The zero-order valence-electron chi connectivity index (χ0n) is 15.1. The number of fused-ring (bicyclic) bond motifs is 1. The summed E-state index contributed by atoms with van der Waals surface area (Å²) in [7, 11) is 0. The second-order valence-corrected chi connectivity index (χ2v) is 8.33. The summed E-state index contributed by atoms with van der Waals surface area (Å²) in [6, 6.07) is 7.90. The van der Waals surface area contributed by atoms with Crippen LogP contribution in [0.15, 0.2) is 33.9 Å². The third-order valence-corrected chi connectivity index (χ3v) is 6.10. The topological polar surface area (TPSA) is 71.8 Å². The number of Topliss-reactive ketones (excluding diaryl/α,β-unsaturated/α-hetero) is 1. The van der Waals surface area contributed by atoms with Gasteiger partial charge in [0.25, 0.3) is 5.22 Å². The van der Waals surface area contributed by atoms with E-state index in [4.69, 9.17) is 4.42 Å². The Balaban J connectivity index is 1.51. The third kappa shape index (κ3) is 3.30. The average Bonchev–Trinajstić information content (AvgIpc) is 3.25. The van der Waals surface area contributed by atoms with E-state index in [-0.39, 0.29) is 11.0 Å². The Morgan fingerprint density at radius 2 is 2.00 bits per heavy atom. The summed E-state index contributed by atoms with van der Waals surface area (Å²) in [5, 5.41) is 9.57. The predicted octanol–water partition coefficient (Wildman–Crippen LogP) is 5.27. The van der Waals surface area contributed by atoms with E-state index in [2.05, 4.69) is 15.2 Å². The van der Waals surface area contributed by atoms with E-state index < -0.39 is 0 Å². The Morgan fingerprint density at radius 3 is 2.81 bits per heavy atom. The number of hydrogen-bond acceptors (Lipinski definition) is 5. The average molecular weight is 369 g/mol. The molecule has 0 spiro atoms. The van der Waals surface area contributed by atoms with Gasteiger partial charge in [-0.05, 0) is 32.8 Å². The molecule has 1 aliphatic carbocycles. The summed E-state index contributed by atoms with van der Waals surface area (Å²) in [6.45, 7) is 3.84. The molecule has 5 nitrogen and oxygen atoms in total. The number of ketones is 1. The van der Waals surface area contributed by atoms with Crippen molar-refractivity contribution in [3.63, 3.8) is 0 Å². The van der Waals surface area contributed by atoms with Gasteiger partial charge in [-0.15, -0.1) is 10.2 Å². The Labute approximate surface area is 157 Å². The molecule has 26 heavy (non-hydrogen) atoms. The van der Waals surface area contributed by atoms with Crippen LogP contribution in [0, 0.1) is 6.92 Å². The van der Waals surface area contributed by atoms with Crippen LogP contribution in [0.5, 0.6) is 0 Å². The number of H-pyrrole nitrogens is 1. The van der Waals surface area contributed by atoms with E-state index >= 15 is 0 Å². The van der Waals surface area contributed by atoms with E-state index in [1.807, 2.05) is 38.1 Å². The lowest BCUT2D eigenvalue weighted by Crippen LogP contribution is -2.14. The Hall–Kier alpha value is -2.08. The van der Waals surface area contributed by atoms with Crippen LogP contribution >= 0.6 is 11.8 Å². The molecular formula is C20H23N3O2S. The largest absolute Gasteiger partial charge is 0.416 e. The molecule has 0 amide bonds. The number of thioether (sulfide) groups is 1. The molecule has 2 aromatic heterocycles. The maximum absolute atomic E-state index is 13.0. The van der Waals surface area contributed by atoms with Crippen molar-refractivity contribution in [1.29, 1.82) is 0 Å². The molecule has 3 aromatic rings. The van der Waals surface area contributed by atoms with Gasteiger partial charge in [0.1, 0.15) is 0 Å². The van der Waals surface area contributed by atoms with Gasteiger partial charge in [0.05, 0.1) is 5.25 Å². The van der Waals surface area contributed by atoms with Crippen molar-refractivity contribution in [1.82, 2.24) is 15.2 Å². The summed E-state index contributed by atoms with van der Waals surface area (Å²) in [6.07, 6.45) is 5.99. The number of nitrogens with one attached hydrogen (secondary N) is 1. The quantitative estimate of drug-likeness (QED) is 0.490. The fourth-order valence-corrected chi connectivity index (χ4v) is 4.53. The van der Waals surface area contributed by atoms with Gasteiger partial charge < -0.3 is 9.40 Å². The third-order valence-electron chi connectivity index (χ3n) is 5.16. The van der Waals surface area contributed by atoms with Crippen LogP contribution in [0.3, 0.4) is 0 Å². The first kappa shape index (κ1) is 17.3. The maximum atomic E-state index is 13.0. The molecule has 0 bridgehead atoms. The summed E-state index contributed by atoms with van der Waals surface area (Å²) >= 11 is 1.35. The SMILES string of the molecule is Cc1[nH]c2ccccc2c1C(=O)[C@H](C)Sc1nnc(C2CCCCC2)o1. The fourth-order valence-electron chi connectivity index (χ4n) is 3.78. The van der Waals surface area contributed by atoms with E-state index in [1.165, 1.54) is 31.0 Å². The summed E-state index contributed by atoms with van der Waals surface area (Å²) in [5.41, 5.74) is 2.65. The fraction of sp³-hybridized carbons (Fsp3) is 0.450. The number of nitrogens with zero attached hydrogens (tertiary/aromatic N) is 2. The number of aryl methyl sites for hydroxylation is 1. The van der Waals surface area contributed by atoms with Crippen LogP contribution in [0.25, 0.3) is 10.9 Å². The van der Waals surface area contributed by atoms with Crippen LogP contribution in [-0.2, 0) is 0 Å². The lowest BCUT2D eigenvalue weighted by molar-refractivity contribution is 0.0994. The van der Waals surface area contributed by atoms with Crippen molar-refractivity contribution in [3.05, 3.63) is 41.4 Å². The van der Waals surface area contributed by atoms with Crippen LogP contribution < -0.4 is 0 Å². The van der Waals surface area contributed by atoms with E-state index in [0.29, 0.717) is 11.1 Å². The Bertz CT molecular complexity index is 924. The van der Waals surface area contributed by atoms with Crippen LogP contribution in [0.2, 0.25) is 0 Å². The Kier molecular flexibility index (Phi) is 4.85. The van der Waals surface area contributed by atoms with Crippen molar-refractivity contribution in [2.75, 3.05) is 0 Å². The van der Waals surface area contributed by atoms with Gasteiger partial charge in [0.15, 0.2) is 5.78 Å². The van der Waals surface area contributed by atoms with Crippen LogP contribution in [0.1, 0.15) is 66.9 Å². The van der Waals surface area contributed by atoms with E-state index in [0.717, 1.165) is 40.9 Å². The first-order valence-electron chi connectivity index (χ1n) is 9.25. The second-order valence-electron chi connectivity index (χ2n) is 7.04. The van der Waals surface area contributed by atoms with Gasteiger partial charge in [0, 0.05) is 28.1 Å². The minimum atomic E-state index is -0.285. The summed E-state index contributed by atoms with van der Waals surface area (Å²) < 4.78 is 5.86. The number of aromatic nitrogens is 3. The van der Waals surface area contributed by atoms with Crippen molar-refractivity contribution >= 4 is 28.4 Å². The molecule has 1 atom stereocenters. The first-order valence-corrected chi connectivity index (χ1v) is 10.1. The second kappa shape index (κ2) is 7.27. The van der Waals surface area contributed by atoms with Gasteiger partial charge in [-0.1, -0.05) is 49.2 Å². The normalized spacial score (nSPS) is 16.8. The first-order chi connectivity index (χ1) is 12.6. The molecule has 1 fully saturated rings. The van der Waals surface area contributed by atoms with Crippen molar-refractivity contribution < 1.29 is 9.21 Å². The van der Waals surface area contributed by atoms with Crippen molar-refractivity contribution in [2.45, 2.75) is 62.3 Å². The number of carbonyl (C=O) groups excluding carboxylic acids is 1. The summed E-state index contributed by atoms with van der Waals surface area (Å²) in [5.74, 6) is 1.20. The van der Waals surface area contributed by atoms with Crippen molar-refractivity contribution in [3.8, 4) is 0 Å². The molecular weight excluding hydrogens is 346 g/mol. The monoisotopic (exact) mass is 369 g/mol. The number of rotatable bonds is 5. The van der Waals surface area contributed by atoms with Crippen LogP contribution in [0.4, 0.5) is 0 Å². The number of carbonyl (C=O) groups is 1. The standard InChI is InChI=1S/C20H23N3O2S/c1-12-17(15-10-6-7-11-16(15)21-12)18(24)13(2)26-20-23-22-19(25-20)14-8-4-3-5-9-14/h6-7,10-11,13-14,21H,3-5,8-9H2,1-2H3/t13-/m0/s1. The van der Waals surface area contributed by atoms with Gasteiger partial charge in [-0.25, -0.2) is 0 Å². The van der Waals surface area contributed by atoms with Gasteiger partial charge >= 0.3 is 0 Å². The predicted molar refractivity (Wildman–Crippen MR) is 103 cm³/mol. The lowest BCUT2D eigenvalue weighted by atomic mass is 9.89. The molecule has 6 heteroatoms. The molecule has 0 unspecified atom stereocenters. The lowest BCUT2D eigenvalue weighted by Gasteiger charge is -2.17. The molecule has 1 N–H and O–H groups in total. The number of benzene rings is 1. The minimum Gasteiger partial charge on any atom is -0.416 e. The van der Waals surface area contributed by atoms with Gasteiger partial charge in [-0.3, -0.25) is 4.79 Å². The summed E-state index contributed by atoms with van der Waals surface area (Å²) in [4.78, 5) is 16.3.